The second-order valence-corrected chi connectivity index (χ2v) is 11.4. The van der Waals surface area contributed by atoms with E-state index in [2.05, 4.69) is 20.0 Å². The van der Waals surface area contributed by atoms with Crippen LogP contribution in [-0.4, -0.2) is 83.0 Å². The second kappa shape index (κ2) is 8.01. The molecule has 0 aromatic carbocycles. The zero-order valence-corrected chi connectivity index (χ0v) is 20.2. The highest BCUT2D eigenvalue weighted by atomic mass is 32.2. The third-order valence-corrected chi connectivity index (χ3v) is 9.53. The summed E-state index contributed by atoms with van der Waals surface area (Å²) in [4.78, 5) is 35.2. The lowest BCUT2D eigenvalue weighted by Gasteiger charge is -2.31. The van der Waals surface area contributed by atoms with Crippen LogP contribution in [0.25, 0.3) is 21.7 Å². The Hall–Kier alpha value is -2.61. The number of aryl methyl sites for hydroxylation is 2. The molecule has 13 heteroatoms. The number of carbonyl (C=O) groups excluding carboxylic acids is 1. The van der Waals surface area contributed by atoms with Gasteiger partial charge in [-0.05, 0) is 13.5 Å². The number of carbonyl (C=O) groups is 1. The largest absolute Gasteiger partial charge is 0.483 e. The molecule has 5 rings (SSSR count). The molecule has 0 saturated carbocycles. The molecular formula is C20H24N6O5S2. The van der Waals surface area contributed by atoms with Gasteiger partial charge in [0.05, 0.1) is 11.3 Å². The summed E-state index contributed by atoms with van der Waals surface area (Å²) in [5.74, 6) is -0.0496. The molecule has 0 radical (unpaired) electrons. The maximum absolute atomic E-state index is 13.5. The number of H-pyrrole nitrogens is 1. The fourth-order valence-electron chi connectivity index (χ4n) is 4.23. The van der Waals surface area contributed by atoms with Gasteiger partial charge in [-0.15, -0.1) is 11.3 Å². The summed E-state index contributed by atoms with van der Waals surface area (Å²) >= 11 is 0.915. The number of aromatic nitrogens is 4. The summed E-state index contributed by atoms with van der Waals surface area (Å²) in [5.41, 5.74) is 1.17. The van der Waals surface area contributed by atoms with Gasteiger partial charge in [0, 0.05) is 33.2 Å². The summed E-state index contributed by atoms with van der Waals surface area (Å²) in [6.45, 7) is 3.67. The Morgan fingerprint density at radius 2 is 1.88 bits per heavy atom. The number of hydrogen-bond acceptors (Lipinski definition) is 9. The fourth-order valence-corrected chi connectivity index (χ4v) is 7.50. The predicted octanol–water partition coefficient (Wildman–Crippen LogP) is 0.849. The molecule has 11 nitrogen and oxygen atoms in total. The van der Waals surface area contributed by atoms with Gasteiger partial charge in [-0.3, -0.25) is 14.3 Å². The number of rotatable bonds is 5. The van der Waals surface area contributed by atoms with Crippen molar-refractivity contribution in [3.63, 3.8) is 0 Å². The van der Waals surface area contributed by atoms with Gasteiger partial charge >= 0.3 is 0 Å². The summed E-state index contributed by atoms with van der Waals surface area (Å²) in [6, 6.07) is 0. The number of piperazine rings is 1. The van der Waals surface area contributed by atoms with E-state index in [1.54, 1.807) is 7.05 Å². The van der Waals surface area contributed by atoms with Crippen molar-refractivity contribution in [2.45, 2.75) is 24.0 Å². The molecule has 1 N–H and O–H groups in total. The number of sulfonamides is 1. The lowest BCUT2D eigenvalue weighted by Crippen LogP contribution is -2.47. The molecule has 2 aliphatic rings. The van der Waals surface area contributed by atoms with Crippen LogP contribution in [0.4, 0.5) is 0 Å². The number of hydrogen-bond donors (Lipinski definition) is 1. The predicted molar refractivity (Wildman–Crippen MR) is 123 cm³/mol. The monoisotopic (exact) mass is 492 g/mol. The number of likely N-dealkylation sites (N-methyl/N-ethyl adjacent to an activating group) is 1. The Morgan fingerprint density at radius 3 is 2.58 bits per heavy atom. The maximum atomic E-state index is 13.5. The van der Waals surface area contributed by atoms with Gasteiger partial charge in [0.25, 0.3) is 15.6 Å². The molecule has 5 heterocycles. The first kappa shape index (κ1) is 22.2. The van der Waals surface area contributed by atoms with Crippen LogP contribution in [0.15, 0.2) is 9.00 Å². The summed E-state index contributed by atoms with van der Waals surface area (Å²) in [7, 11) is -0.288. The van der Waals surface area contributed by atoms with Crippen molar-refractivity contribution in [1.29, 1.82) is 0 Å². The van der Waals surface area contributed by atoms with Gasteiger partial charge < -0.3 is 14.6 Å². The highest BCUT2D eigenvalue weighted by Crippen LogP contribution is 2.47. The van der Waals surface area contributed by atoms with Crippen LogP contribution >= 0.6 is 11.3 Å². The van der Waals surface area contributed by atoms with Crippen LogP contribution in [-0.2, 0) is 23.5 Å². The quantitative estimate of drug-likeness (QED) is 0.555. The van der Waals surface area contributed by atoms with Gasteiger partial charge in [-0.25, -0.2) is 13.4 Å². The molecule has 1 saturated heterocycles. The number of thiophene rings is 1. The SMILES string of the molecule is CCCc1nn(C)c2c(=O)[nH]c(-c3sc(S(=O)(=O)N4CCN(C)CC4)c4c3OCC4=O)nc12. The zero-order valence-electron chi connectivity index (χ0n) is 18.5. The smallest absolute Gasteiger partial charge is 0.277 e. The molecular weight excluding hydrogens is 468 g/mol. The average Bonchev–Trinajstić information content (AvgIpc) is 3.43. The second-order valence-electron chi connectivity index (χ2n) is 8.27. The lowest BCUT2D eigenvalue weighted by atomic mass is 10.2. The number of aromatic amines is 1. The Balaban J connectivity index is 1.67. The first-order valence-corrected chi connectivity index (χ1v) is 13.0. The first-order valence-electron chi connectivity index (χ1n) is 10.7. The van der Waals surface area contributed by atoms with Crippen molar-refractivity contribution in [2.24, 2.45) is 7.05 Å². The van der Waals surface area contributed by atoms with E-state index in [9.17, 15) is 18.0 Å². The molecule has 0 bridgehead atoms. The molecule has 0 amide bonds. The van der Waals surface area contributed by atoms with Crippen LogP contribution in [0.5, 0.6) is 5.75 Å². The summed E-state index contributed by atoms with van der Waals surface area (Å²) < 4.78 is 35.4. The van der Waals surface area contributed by atoms with Crippen LogP contribution in [0.2, 0.25) is 0 Å². The van der Waals surface area contributed by atoms with Crippen molar-refractivity contribution in [3.8, 4) is 16.5 Å². The Bertz CT molecular complexity index is 1430. The van der Waals surface area contributed by atoms with Crippen LogP contribution in [0.3, 0.4) is 0 Å². The van der Waals surface area contributed by atoms with Crippen LogP contribution < -0.4 is 10.3 Å². The van der Waals surface area contributed by atoms with E-state index in [1.165, 1.54) is 8.99 Å². The van der Waals surface area contributed by atoms with Gasteiger partial charge in [0.15, 0.2) is 27.9 Å². The standard InChI is InChI=1S/C20H24N6O5S2/c1-4-5-11-14-15(25(3)23-11)19(28)22-18(21-14)17-16-13(12(27)10-31-16)20(32-17)33(29,30)26-8-6-24(2)7-9-26/h4-10H2,1-3H3,(H,21,22,28). The topological polar surface area (TPSA) is 130 Å². The van der Waals surface area contributed by atoms with Gasteiger partial charge in [-0.1, -0.05) is 13.3 Å². The average molecular weight is 493 g/mol. The molecule has 0 aliphatic carbocycles. The molecule has 2 aliphatic heterocycles. The van der Waals surface area contributed by atoms with E-state index in [0.717, 1.165) is 17.8 Å². The zero-order chi connectivity index (χ0) is 23.5. The Labute approximate surface area is 194 Å². The molecule has 0 spiro atoms. The van der Waals surface area contributed by atoms with E-state index in [0.29, 0.717) is 54.2 Å². The Kier molecular flexibility index (Phi) is 5.39. The van der Waals surface area contributed by atoms with Gasteiger partial charge in [0.2, 0.25) is 5.78 Å². The lowest BCUT2D eigenvalue weighted by molar-refractivity contribution is 0.0959. The highest BCUT2D eigenvalue weighted by molar-refractivity contribution is 7.91. The molecule has 0 unspecified atom stereocenters. The van der Waals surface area contributed by atoms with E-state index in [1.807, 2.05) is 14.0 Å². The van der Waals surface area contributed by atoms with Crippen molar-refractivity contribution in [1.82, 2.24) is 29.0 Å². The summed E-state index contributed by atoms with van der Waals surface area (Å²) in [5, 5.41) is 4.42. The van der Waals surface area contributed by atoms with Crippen LogP contribution in [0.1, 0.15) is 29.4 Å². The van der Waals surface area contributed by atoms with Gasteiger partial charge in [-0.2, -0.15) is 9.40 Å². The van der Waals surface area contributed by atoms with Crippen molar-refractivity contribution < 1.29 is 17.9 Å². The third-order valence-electron chi connectivity index (χ3n) is 5.96. The molecule has 33 heavy (non-hydrogen) atoms. The van der Waals surface area contributed by atoms with Crippen molar-refractivity contribution in [3.05, 3.63) is 21.6 Å². The molecule has 0 atom stereocenters. The first-order chi connectivity index (χ1) is 15.7. The minimum atomic E-state index is -3.91. The van der Waals surface area contributed by atoms with Gasteiger partial charge in [0.1, 0.15) is 10.4 Å². The van der Waals surface area contributed by atoms with E-state index >= 15 is 0 Å². The third kappa shape index (κ3) is 3.50. The number of ether oxygens (including phenoxy) is 1. The fraction of sp³-hybridized carbons (Fsp3) is 0.500. The normalized spacial score (nSPS) is 17.6. The molecule has 3 aromatic heterocycles. The molecule has 3 aromatic rings. The molecule has 176 valence electrons. The molecule has 1 fully saturated rings. The number of fused-ring (bicyclic) bond motifs is 2. The van der Waals surface area contributed by atoms with Crippen molar-refractivity contribution in [2.75, 3.05) is 39.8 Å². The minimum Gasteiger partial charge on any atom is -0.483 e. The van der Waals surface area contributed by atoms with E-state index < -0.39 is 15.8 Å². The van der Waals surface area contributed by atoms with E-state index in [4.69, 9.17) is 4.74 Å². The number of nitrogens with zero attached hydrogens (tertiary/aromatic N) is 5. The van der Waals surface area contributed by atoms with Crippen LogP contribution in [0, 0.1) is 0 Å². The highest BCUT2D eigenvalue weighted by Gasteiger charge is 2.40. The summed E-state index contributed by atoms with van der Waals surface area (Å²) in [6.07, 6.45) is 1.48. The number of Topliss-reactive ketones (excluding diaryl/α,β-unsaturated/α-hetero) is 1. The number of nitrogens with one attached hydrogen (secondary N) is 1. The Morgan fingerprint density at radius 1 is 1.15 bits per heavy atom. The number of ketones is 1. The van der Waals surface area contributed by atoms with E-state index in [-0.39, 0.29) is 33.5 Å². The minimum absolute atomic E-state index is 0.0524. The maximum Gasteiger partial charge on any atom is 0.277 e. The van der Waals surface area contributed by atoms with Crippen molar-refractivity contribution >= 4 is 38.2 Å².